The molecule has 0 unspecified atom stereocenters. The van der Waals surface area contributed by atoms with E-state index in [0.29, 0.717) is 5.56 Å². The van der Waals surface area contributed by atoms with Gasteiger partial charge in [0, 0.05) is 13.1 Å². The molecule has 0 fully saturated rings. The molecule has 0 aliphatic carbocycles. The van der Waals surface area contributed by atoms with E-state index in [1.807, 2.05) is 24.3 Å². The Morgan fingerprint density at radius 3 is 2.24 bits per heavy atom. The summed E-state index contributed by atoms with van der Waals surface area (Å²) < 4.78 is 40.4. The lowest BCUT2D eigenvalue weighted by Crippen LogP contribution is -2.26. The van der Waals surface area contributed by atoms with E-state index in [-0.39, 0.29) is 24.6 Å². The van der Waals surface area contributed by atoms with E-state index in [2.05, 4.69) is 0 Å². The maximum Gasteiger partial charge on any atom is 0.246 e. The Balaban J connectivity index is 1.96. The molecule has 3 rings (SSSR count). The summed E-state index contributed by atoms with van der Waals surface area (Å²) >= 11 is 0. The molecule has 0 spiro atoms. The van der Waals surface area contributed by atoms with Crippen LogP contribution in [0.5, 0.6) is 0 Å². The van der Waals surface area contributed by atoms with Crippen LogP contribution in [0.15, 0.2) is 47.4 Å². The normalized spacial score (nSPS) is 15.1. The van der Waals surface area contributed by atoms with Crippen molar-refractivity contribution in [2.45, 2.75) is 24.6 Å². The molecule has 2 aromatic rings. The van der Waals surface area contributed by atoms with Crippen LogP contribution in [0.4, 0.5) is 4.39 Å². The molecule has 0 saturated heterocycles. The largest absolute Gasteiger partial charge is 0.392 e. The number of fused-ring (bicyclic) bond motifs is 1. The van der Waals surface area contributed by atoms with Crippen LogP contribution in [0.1, 0.15) is 16.7 Å². The second-order valence-electron chi connectivity index (χ2n) is 4.96. The molecular formula is C15H14FNO3S. The molecule has 1 N–H and O–H groups in total. The van der Waals surface area contributed by atoms with Crippen LogP contribution in [-0.2, 0) is 29.7 Å². The monoisotopic (exact) mass is 307 g/mol. The average Bonchev–Trinajstić information content (AvgIpc) is 2.91. The Morgan fingerprint density at radius 2 is 1.71 bits per heavy atom. The van der Waals surface area contributed by atoms with Gasteiger partial charge in [0.2, 0.25) is 10.0 Å². The number of aliphatic hydroxyl groups is 1. The zero-order chi connectivity index (χ0) is 15.0. The summed E-state index contributed by atoms with van der Waals surface area (Å²) in [6.45, 7) is 0.172. The molecule has 1 aliphatic heterocycles. The van der Waals surface area contributed by atoms with Crippen molar-refractivity contribution in [3.8, 4) is 0 Å². The fourth-order valence-corrected chi connectivity index (χ4v) is 3.90. The van der Waals surface area contributed by atoms with Gasteiger partial charge in [0.15, 0.2) is 0 Å². The standard InChI is InChI=1S/C15H14FNO3S/c16-14-7-11(10-18)5-6-15(14)21(19,20)17-8-12-3-1-2-4-13(12)9-17/h1-7,18H,8-10H2. The first-order chi connectivity index (χ1) is 10.0. The maximum atomic E-state index is 14.0. The van der Waals surface area contributed by atoms with Crippen molar-refractivity contribution in [3.63, 3.8) is 0 Å². The van der Waals surface area contributed by atoms with Gasteiger partial charge in [0.1, 0.15) is 10.7 Å². The molecule has 0 aromatic heterocycles. The Morgan fingerprint density at radius 1 is 1.10 bits per heavy atom. The van der Waals surface area contributed by atoms with E-state index in [1.54, 1.807) is 0 Å². The van der Waals surface area contributed by atoms with Gasteiger partial charge >= 0.3 is 0 Å². The number of hydrogen-bond acceptors (Lipinski definition) is 3. The molecule has 2 aromatic carbocycles. The topological polar surface area (TPSA) is 57.6 Å². The van der Waals surface area contributed by atoms with Crippen LogP contribution in [0.2, 0.25) is 0 Å². The Labute approximate surface area is 122 Å². The van der Waals surface area contributed by atoms with Gasteiger partial charge in [-0.2, -0.15) is 4.31 Å². The first-order valence-electron chi connectivity index (χ1n) is 6.48. The molecule has 0 radical (unpaired) electrons. The van der Waals surface area contributed by atoms with Gasteiger partial charge in [-0.05, 0) is 28.8 Å². The molecule has 1 heterocycles. The molecule has 0 atom stereocenters. The van der Waals surface area contributed by atoms with Gasteiger partial charge in [-0.25, -0.2) is 12.8 Å². The summed E-state index contributed by atoms with van der Waals surface area (Å²) in [6, 6.07) is 11.1. The minimum Gasteiger partial charge on any atom is -0.392 e. The van der Waals surface area contributed by atoms with Crippen molar-refractivity contribution < 1.29 is 17.9 Å². The second-order valence-corrected chi connectivity index (χ2v) is 6.87. The zero-order valence-electron chi connectivity index (χ0n) is 11.2. The third kappa shape index (κ3) is 2.46. The quantitative estimate of drug-likeness (QED) is 0.944. The van der Waals surface area contributed by atoms with Crippen molar-refractivity contribution >= 4 is 10.0 Å². The molecule has 110 valence electrons. The molecule has 21 heavy (non-hydrogen) atoms. The fourth-order valence-electron chi connectivity index (χ4n) is 2.46. The van der Waals surface area contributed by atoms with E-state index in [9.17, 15) is 12.8 Å². The van der Waals surface area contributed by atoms with Crippen molar-refractivity contribution in [2.24, 2.45) is 0 Å². The Bertz CT molecular complexity index is 764. The lowest BCUT2D eigenvalue weighted by atomic mass is 10.1. The minimum atomic E-state index is -3.89. The van der Waals surface area contributed by atoms with E-state index < -0.39 is 15.8 Å². The number of hydrogen-bond donors (Lipinski definition) is 1. The van der Waals surface area contributed by atoms with Crippen LogP contribution in [-0.4, -0.2) is 17.8 Å². The molecule has 1 aliphatic rings. The lowest BCUT2D eigenvalue weighted by molar-refractivity contribution is 0.281. The number of benzene rings is 2. The van der Waals surface area contributed by atoms with Crippen LogP contribution in [0.25, 0.3) is 0 Å². The predicted molar refractivity (Wildman–Crippen MR) is 75.2 cm³/mol. The van der Waals surface area contributed by atoms with Crippen molar-refractivity contribution in [1.29, 1.82) is 0 Å². The lowest BCUT2D eigenvalue weighted by Gasteiger charge is -2.16. The van der Waals surface area contributed by atoms with E-state index in [4.69, 9.17) is 5.11 Å². The van der Waals surface area contributed by atoms with Crippen LogP contribution < -0.4 is 0 Å². The summed E-state index contributed by atoms with van der Waals surface area (Å²) in [6.07, 6.45) is 0. The van der Waals surface area contributed by atoms with Crippen molar-refractivity contribution in [2.75, 3.05) is 0 Å². The van der Waals surface area contributed by atoms with Crippen LogP contribution in [0.3, 0.4) is 0 Å². The van der Waals surface area contributed by atoms with Crippen LogP contribution >= 0.6 is 0 Å². The van der Waals surface area contributed by atoms with Gasteiger partial charge in [-0.15, -0.1) is 0 Å². The third-order valence-electron chi connectivity index (χ3n) is 3.61. The van der Waals surface area contributed by atoms with Gasteiger partial charge in [0.25, 0.3) is 0 Å². The number of nitrogens with zero attached hydrogens (tertiary/aromatic N) is 1. The highest BCUT2D eigenvalue weighted by Crippen LogP contribution is 2.29. The minimum absolute atomic E-state index is 0.250. The van der Waals surface area contributed by atoms with Crippen LogP contribution in [0, 0.1) is 5.82 Å². The van der Waals surface area contributed by atoms with E-state index in [1.165, 1.54) is 16.4 Å². The van der Waals surface area contributed by atoms with Crippen molar-refractivity contribution in [3.05, 3.63) is 65.0 Å². The second kappa shape index (κ2) is 5.22. The van der Waals surface area contributed by atoms with Gasteiger partial charge in [-0.1, -0.05) is 30.3 Å². The van der Waals surface area contributed by atoms with Crippen molar-refractivity contribution in [1.82, 2.24) is 4.31 Å². The zero-order valence-corrected chi connectivity index (χ0v) is 12.0. The number of aliphatic hydroxyl groups excluding tert-OH is 1. The predicted octanol–water partition coefficient (Wildman–Crippen LogP) is 2.02. The first kappa shape index (κ1) is 14.2. The average molecular weight is 307 g/mol. The summed E-state index contributed by atoms with van der Waals surface area (Å²) in [7, 11) is -3.89. The maximum absolute atomic E-state index is 14.0. The Hall–Kier alpha value is -1.76. The summed E-state index contributed by atoms with van der Waals surface area (Å²) in [5, 5.41) is 8.96. The van der Waals surface area contributed by atoms with E-state index in [0.717, 1.165) is 17.2 Å². The highest BCUT2D eigenvalue weighted by Gasteiger charge is 2.32. The van der Waals surface area contributed by atoms with Gasteiger partial charge in [0.05, 0.1) is 6.61 Å². The fraction of sp³-hybridized carbons (Fsp3) is 0.200. The first-order valence-corrected chi connectivity index (χ1v) is 7.92. The summed E-state index contributed by atoms with van der Waals surface area (Å²) in [5.74, 6) is -0.836. The molecule has 0 saturated carbocycles. The Kier molecular flexibility index (Phi) is 3.52. The molecule has 4 nitrogen and oxygen atoms in total. The third-order valence-corrected chi connectivity index (χ3v) is 5.43. The van der Waals surface area contributed by atoms with Gasteiger partial charge < -0.3 is 5.11 Å². The number of rotatable bonds is 3. The van der Waals surface area contributed by atoms with Gasteiger partial charge in [-0.3, -0.25) is 0 Å². The van der Waals surface area contributed by atoms with E-state index >= 15 is 0 Å². The summed E-state index contributed by atoms with van der Waals surface area (Å²) in [5.41, 5.74) is 2.22. The number of halogens is 1. The smallest absolute Gasteiger partial charge is 0.246 e. The molecule has 6 heteroatoms. The SMILES string of the molecule is O=S(=O)(c1ccc(CO)cc1F)N1Cc2ccccc2C1. The molecule has 0 amide bonds. The highest BCUT2D eigenvalue weighted by molar-refractivity contribution is 7.89. The molecular weight excluding hydrogens is 293 g/mol. The number of sulfonamides is 1. The highest BCUT2D eigenvalue weighted by atomic mass is 32.2. The summed E-state index contributed by atoms with van der Waals surface area (Å²) in [4.78, 5) is -0.354. The molecule has 0 bridgehead atoms.